The molecule has 0 radical (unpaired) electrons. The Morgan fingerprint density at radius 3 is 2.58 bits per heavy atom. The van der Waals surface area contributed by atoms with Crippen LogP contribution in [0, 0.1) is 0 Å². The maximum atomic E-state index is 13.0. The smallest absolute Gasteiger partial charge is 0.410 e. The highest BCUT2D eigenvalue weighted by molar-refractivity contribution is 5.82. The molecule has 2 fully saturated rings. The SMILES string of the molecule is COCOc1ccccc1-c1cc2cc(C3(C)C[C@H]4COC[C@@H](C3)N4C(=O)OC(C)(C)C)[nH]c2nn1. The number of piperidine rings is 1. The zero-order valence-corrected chi connectivity index (χ0v) is 21.5. The number of nitrogens with zero attached hydrogens (tertiary/aromatic N) is 3. The van der Waals surface area contributed by atoms with Crippen molar-refractivity contribution in [1.29, 1.82) is 0 Å². The van der Waals surface area contributed by atoms with Gasteiger partial charge in [-0.1, -0.05) is 19.1 Å². The number of methoxy groups -OCH3 is 1. The van der Waals surface area contributed by atoms with E-state index in [1.165, 1.54) is 0 Å². The minimum atomic E-state index is -0.534. The third kappa shape index (κ3) is 4.77. The number of amides is 1. The van der Waals surface area contributed by atoms with E-state index in [9.17, 15) is 4.79 Å². The Bertz CT molecular complexity index is 1240. The van der Waals surface area contributed by atoms with Gasteiger partial charge in [0.05, 0.1) is 31.0 Å². The van der Waals surface area contributed by atoms with E-state index in [1.807, 2.05) is 56.0 Å². The summed E-state index contributed by atoms with van der Waals surface area (Å²) in [7, 11) is 1.59. The summed E-state index contributed by atoms with van der Waals surface area (Å²) >= 11 is 0. The van der Waals surface area contributed by atoms with Crippen molar-refractivity contribution in [2.45, 2.75) is 63.6 Å². The van der Waals surface area contributed by atoms with Crippen molar-refractivity contribution in [3.8, 4) is 17.0 Å². The molecule has 0 saturated carbocycles. The minimum absolute atomic E-state index is 0.0461. The van der Waals surface area contributed by atoms with Gasteiger partial charge in [-0.15, -0.1) is 10.2 Å². The molecule has 5 rings (SSSR count). The number of para-hydroxylation sites is 1. The Balaban J connectivity index is 1.42. The first-order valence-electron chi connectivity index (χ1n) is 12.3. The zero-order chi connectivity index (χ0) is 25.5. The third-order valence-electron chi connectivity index (χ3n) is 6.91. The second-order valence-corrected chi connectivity index (χ2v) is 11.0. The summed E-state index contributed by atoms with van der Waals surface area (Å²) in [6, 6.07) is 11.8. The van der Waals surface area contributed by atoms with Crippen LogP contribution in [0.2, 0.25) is 0 Å². The molecule has 1 aromatic carbocycles. The van der Waals surface area contributed by atoms with Crippen LogP contribution in [-0.4, -0.2) is 71.0 Å². The molecule has 9 heteroatoms. The number of ether oxygens (including phenoxy) is 4. The molecular weight excluding hydrogens is 460 g/mol. The van der Waals surface area contributed by atoms with E-state index in [0.717, 1.165) is 40.8 Å². The number of morpholine rings is 1. The van der Waals surface area contributed by atoms with E-state index >= 15 is 0 Å². The fraction of sp³-hybridized carbons (Fsp3) is 0.519. The lowest BCUT2D eigenvalue weighted by Crippen LogP contribution is -2.62. The molecule has 1 unspecified atom stereocenters. The number of nitrogens with one attached hydrogen (secondary N) is 1. The number of rotatable bonds is 5. The molecular formula is C27H34N4O5. The van der Waals surface area contributed by atoms with Crippen LogP contribution in [0.4, 0.5) is 4.79 Å². The maximum absolute atomic E-state index is 13.0. The molecule has 192 valence electrons. The molecule has 0 aliphatic carbocycles. The average molecular weight is 495 g/mol. The van der Waals surface area contributed by atoms with E-state index < -0.39 is 5.60 Å². The molecule has 1 amide bonds. The summed E-state index contributed by atoms with van der Waals surface area (Å²) < 4.78 is 22.3. The molecule has 4 heterocycles. The molecule has 2 aliphatic rings. The van der Waals surface area contributed by atoms with Crippen LogP contribution in [0.15, 0.2) is 36.4 Å². The van der Waals surface area contributed by atoms with E-state index in [-0.39, 0.29) is 30.4 Å². The number of carbonyl (C=O) groups excluding carboxylic acids is 1. The number of carbonyl (C=O) groups is 1. The van der Waals surface area contributed by atoms with Gasteiger partial charge < -0.3 is 23.9 Å². The Morgan fingerprint density at radius 2 is 1.89 bits per heavy atom. The van der Waals surface area contributed by atoms with Crippen LogP contribution in [-0.2, 0) is 19.6 Å². The molecule has 3 aromatic rings. The van der Waals surface area contributed by atoms with Gasteiger partial charge in [-0.05, 0) is 57.9 Å². The lowest BCUT2D eigenvalue weighted by atomic mass is 9.71. The van der Waals surface area contributed by atoms with Gasteiger partial charge in [0.25, 0.3) is 0 Å². The fourth-order valence-corrected chi connectivity index (χ4v) is 5.39. The zero-order valence-electron chi connectivity index (χ0n) is 21.5. The number of benzene rings is 1. The lowest BCUT2D eigenvalue weighted by molar-refractivity contribution is -0.0936. The van der Waals surface area contributed by atoms with Gasteiger partial charge in [0.2, 0.25) is 0 Å². The second-order valence-electron chi connectivity index (χ2n) is 11.0. The molecule has 9 nitrogen and oxygen atoms in total. The van der Waals surface area contributed by atoms with Crippen LogP contribution >= 0.6 is 0 Å². The first kappa shape index (κ1) is 24.5. The van der Waals surface area contributed by atoms with Gasteiger partial charge in [0.15, 0.2) is 12.4 Å². The van der Waals surface area contributed by atoms with Crippen molar-refractivity contribution >= 4 is 17.1 Å². The highest BCUT2D eigenvalue weighted by atomic mass is 16.7. The van der Waals surface area contributed by atoms with Crippen LogP contribution in [0.3, 0.4) is 0 Å². The summed E-state index contributed by atoms with van der Waals surface area (Å²) in [5.41, 5.74) is 2.71. The Morgan fingerprint density at radius 1 is 1.17 bits per heavy atom. The predicted octanol–water partition coefficient (Wildman–Crippen LogP) is 4.66. The first-order valence-corrected chi connectivity index (χ1v) is 12.3. The highest BCUT2D eigenvalue weighted by Crippen LogP contribution is 2.43. The maximum Gasteiger partial charge on any atom is 0.410 e. The van der Waals surface area contributed by atoms with Crippen LogP contribution in [0.1, 0.15) is 46.2 Å². The number of hydrogen-bond donors (Lipinski definition) is 1. The summed E-state index contributed by atoms with van der Waals surface area (Å²) in [5, 5.41) is 9.92. The Labute approximate surface area is 211 Å². The molecule has 3 atom stereocenters. The average Bonchev–Trinajstić information content (AvgIpc) is 3.26. The van der Waals surface area contributed by atoms with E-state index in [2.05, 4.69) is 28.2 Å². The van der Waals surface area contributed by atoms with Crippen molar-refractivity contribution < 1.29 is 23.7 Å². The monoisotopic (exact) mass is 494 g/mol. The summed E-state index contributed by atoms with van der Waals surface area (Å²) in [6.45, 7) is 9.11. The summed E-state index contributed by atoms with van der Waals surface area (Å²) in [4.78, 5) is 18.4. The predicted molar refractivity (Wildman–Crippen MR) is 135 cm³/mol. The van der Waals surface area contributed by atoms with Gasteiger partial charge in [-0.3, -0.25) is 4.90 Å². The van der Waals surface area contributed by atoms with Crippen LogP contribution in [0.25, 0.3) is 22.3 Å². The van der Waals surface area contributed by atoms with Crippen LogP contribution < -0.4 is 4.74 Å². The quantitative estimate of drug-likeness (QED) is 0.515. The number of aromatic amines is 1. The van der Waals surface area contributed by atoms with E-state index in [0.29, 0.717) is 19.0 Å². The second kappa shape index (κ2) is 9.37. The third-order valence-corrected chi connectivity index (χ3v) is 6.91. The Kier molecular flexibility index (Phi) is 6.38. The van der Waals surface area contributed by atoms with E-state index in [1.54, 1.807) is 7.11 Å². The number of fused-ring (bicyclic) bond motifs is 3. The normalized spacial score (nSPS) is 24.1. The van der Waals surface area contributed by atoms with Gasteiger partial charge in [-0.25, -0.2) is 4.79 Å². The van der Waals surface area contributed by atoms with Crippen molar-refractivity contribution in [3.63, 3.8) is 0 Å². The van der Waals surface area contributed by atoms with Gasteiger partial charge in [0, 0.05) is 29.2 Å². The summed E-state index contributed by atoms with van der Waals surface area (Å²) in [6.07, 6.45) is 1.27. The van der Waals surface area contributed by atoms with Crippen LogP contribution in [0.5, 0.6) is 5.75 Å². The number of hydrogen-bond acceptors (Lipinski definition) is 7. The van der Waals surface area contributed by atoms with Crippen molar-refractivity contribution in [2.24, 2.45) is 0 Å². The van der Waals surface area contributed by atoms with Gasteiger partial charge in [-0.2, -0.15) is 0 Å². The first-order chi connectivity index (χ1) is 17.2. The summed E-state index contributed by atoms with van der Waals surface area (Å²) in [5.74, 6) is 0.693. The molecule has 2 aliphatic heterocycles. The van der Waals surface area contributed by atoms with Crippen molar-refractivity contribution in [1.82, 2.24) is 20.1 Å². The number of aromatic nitrogens is 3. The molecule has 0 spiro atoms. The number of H-pyrrole nitrogens is 1. The van der Waals surface area contributed by atoms with E-state index in [4.69, 9.17) is 18.9 Å². The van der Waals surface area contributed by atoms with Gasteiger partial charge in [0.1, 0.15) is 11.4 Å². The fourth-order valence-electron chi connectivity index (χ4n) is 5.39. The molecule has 1 N–H and O–H groups in total. The Hall–Kier alpha value is -3.17. The minimum Gasteiger partial charge on any atom is -0.467 e. The molecule has 36 heavy (non-hydrogen) atoms. The topological polar surface area (TPSA) is 98.8 Å². The van der Waals surface area contributed by atoms with Gasteiger partial charge >= 0.3 is 6.09 Å². The molecule has 2 bridgehead atoms. The standard InChI is InChI=1S/C27H34N4O5/c1-26(2,3)36-25(32)31-18-12-27(4,13-19(31)15-34-14-18)23-11-17-10-21(29-30-24(17)28-23)20-8-6-7-9-22(20)35-16-33-5/h6-11,18-19H,12-16H2,1-5H3,(H,28,30)/t18-,19+,27?. The highest BCUT2D eigenvalue weighted by Gasteiger charge is 2.49. The largest absolute Gasteiger partial charge is 0.467 e. The lowest BCUT2D eigenvalue weighted by Gasteiger charge is -2.51. The van der Waals surface area contributed by atoms with Crippen molar-refractivity contribution in [3.05, 3.63) is 42.1 Å². The molecule has 2 saturated heterocycles. The van der Waals surface area contributed by atoms with Crippen molar-refractivity contribution in [2.75, 3.05) is 27.1 Å². The molecule has 2 aromatic heterocycles.